The molecule has 2 aromatic rings. The molecule has 5 nitrogen and oxygen atoms in total. The minimum atomic E-state index is -3.72. The van der Waals surface area contributed by atoms with Crippen LogP contribution in [-0.4, -0.2) is 25.9 Å². The van der Waals surface area contributed by atoms with Crippen LogP contribution < -0.4 is 4.31 Å². The van der Waals surface area contributed by atoms with Gasteiger partial charge in [-0.2, -0.15) is 0 Å². The summed E-state index contributed by atoms with van der Waals surface area (Å²) in [5, 5.41) is 12.4. The predicted octanol–water partition coefficient (Wildman–Crippen LogP) is 2.97. The molecule has 0 atom stereocenters. The molecular weight excluding hydrogens is 312 g/mol. The van der Waals surface area contributed by atoms with Crippen LogP contribution in [0.2, 0.25) is 0 Å². The highest BCUT2D eigenvalue weighted by Gasteiger charge is 2.30. The largest absolute Gasteiger partial charge is 0.411 e. The monoisotopic (exact) mass is 330 g/mol. The molecule has 0 saturated carbocycles. The quantitative estimate of drug-likeness (QED) is 0.680. The third kappa shape index (κ3) is 2.94. The van der Waals surface area contributed by atoms with Crippen molar-refractivity contribution in [1.82, 2.24) is 0 Å². The summed E-state index contributed by atoms with van der Waals surface area (Å²) >= 11 is 0. The lowest BCUT2D eigenvalue weighted by Crippen LogP contribution is -2.35. The summed E-state index contributed by atoms with van der Waals surface area (Å²) in [7, 11) is -3.72. The van der Waals surface area contributed by atoms with Crippen LogP contribution in [0, 0.1) is 6.92 Å². The average molecular weight is 330 g/mol. The van der Waals surface area contributed by atoms with Gasteiger partial charge in [-0.3, -0.25) is 4.31 Å². The van der Waals surface area contributed by atoms with Crippen LogP contribution >= 0.6 is 0 Å². The highest BCUT2D eigenvalue weighted by atomic mass is 32.2. The molecule has 1 aliphatic rings. The summed E-state index contributed by atoms with van der Waals surface area (Å²) in [5.41, 5.74) is 3.03. The van der Waals surface area contributed by atoms with Gasteiger partial charge < -0.3 is 5.21 Å². The number of nitrogens with zero attached hydrogens (tertiary/aromatic N) is 2. The molecule has 1 heterocycles. The first-order valence-electron chi connectivity index (χ1n) is 7.39. The van der Waals surface area contributed by atoms with Gasteiger partial charge in [-0.25, -0.2) is 8.42 Å². The Bertz CT molecular complexity index is 842. The minimum Gasteiger partial charge on any atom is -0.411 e. The Morgan fingerprint density at radius 2 is 1.74 bits per heavy atom. The Kier molecular flexibility index (Phi) is 4.09. The van der Waals surface area contributed by atoms with Gasteiger partial charge in [0, 0.05) is 0 Å². The van der Waals surface area contributed by atoms with Gasteiger partial charge >= 0.3 is 0 Å². The van der Waals surface area contributed by atoms with E-state index in [2.05, 4.69) is 5.16 Å². The van der Waals surface area contributed by atoms with Gasteiger partial charge in [-0.15, -0.1) is 0 Å². The first kappa shape index (κ1) is 15.6. The zero-order valence-corrected chi connectivity index (χ0v) is 13.6. The van der Waals surface area contributed by atoms with E-state index in [1.807, 2.05) is 25.1 Å². The van der Waals surface area contributed by atoms with Crippen molar-refractivity contribution in [3.8, 4) is 0 Å². The Morgan fingerprint density at radius 1 is 1.04 bits per heavy atom. The zero-order chi connectivity index (χ0) is 16.4. The van der Waals surface area contributed by atoms with E-state index >= 15 is 0 Å². The lowest BCUT2D eigenvalue weighted by Gasteiger charge is -2.24. The number of anilines is 1. The van der Waals surface area contributed by atoms with Gasteiger partial charge in [0.1, 0.15) is 0 Å². The maximum Gasteiger partial charge on any atom is 0.264 e. The van der Waals surface area contributed by atoms with Crippen molar-refractivity contribution in [3.05, 3.63) is 59.7 Å². The molecule has 1 aliphatic heterocycles. The molecule has 0 aromatic heterocycles. The molecule has 23 heavy (non-hydrogen) atoms. The molecule has 0 spiro atoms. The number of sulfonamides is 1. The van der Waals surface area contributed by atoms with E-state index in [0.29, 0.717) is 24.2 Å². The fourth-order valence-electron chi connectivity index (χ4n) is 2.71. The van der Waals surface area contributed by atoms with Gasteiger partial charge in [-0.1, -0.05) is 41.1 Å². The molecule has 0 bridgehead atoms. The van der Waals surface area contributed by atoms with E-state index in [1.54, 1.807) is 30.3 Å². The SMILES string of the molecule is Cc1ccc(S(=O)(=O)N2C/C(=N\O)CCc3ccccc32)cc1. The van der Waals surface area contributed by atoms with Crippen molar-refractivity contribution < 1.29 is 13.6 Å². The van der Waals surface area contributed by atoms with Crippen LogP contribution in [0.4, 0.5) is 5.69 Å². The van der Waals surface area contributed by atoms with Crippen LogP contribution in [-0.2, 0) is 16.4 Å². The number of hydrogen-bond acceptors (Lipinski definition) is 4. The van der Waals surface area contributed by atoms with Crippen molar-refractivity contribution in [2.24, 2.45) is 5.16 Å². The molecule has 0 saturated heterocycles. The Morgan fingerprint density at radius 3 is 2.43 bits per heavy atom. The minimum absolute atomic E-state index is 0.0592. The number of rotatable bonds is 2. The third-order valence-electron chi connectivity index (χ3n) is 4.02. The van der Waals surface area contributed by atoms with E-state index in [-0.39, 0.29) is 11.4 Å². The molecule has 0 unspecified atom stereocenters. The second-order valence-electron chi connectivity index (χ2n) is 5.62. The second kappa shape index (κ2) is 6.04. The van der Waals surface area contributed by atoms with Crippen molar-refractivity contribution in [2.75, 3.05) is 10.8 Å². The maximum atomic E-state index is 13.1. The summed E-state index contributed by atoms with van der Waals surface area (Å²) in [6.07, 6.45) is 1.18. The summed E-state index contributed by atoms with van der Waals surface area (Å²) in [4.78, 5) is 0.233. The Balaban J connectivity index is 2.13. The van der Waals surface area contributed by atoms with Gasteiger partial charge in [0.05, 0.1) is 22.8 Å². The van der Waals surface area contributed by atoms with Gasteiger partial charge in [-0.05, 0) is 43.5 Å². The second-order valence-corrected chi connectivity index (χ2v) is 7.48. The molecule has 3 rings (SSSR count). The lowest BCUT2D eigenvalue weighted by molar-refractivity contribution is 0.317. The van der Waals surface area contributed by atoms with E-state index in [0.717, 1.165) is 11.1 Å². The number of para-hydroxylation sites is 1. The molecule has 0 aliphatic carbocycles. The van der Waals surface area contributed by atoms with Crippen LogP contribution in [0.15, 0.2) is 58.6 Å². The summed E-state index contributed by atoms with van der Waals surface area (Å²) in [5.74, 6) is 0. The van der Waals surface area contributed by atoms with Crippen molar-refractivity contribution in [3.63, 3.8) is 0 Å². The summed E-state index contributed by atoms with van der Waals surface area (Å²) < 4.78 is 27.5. The highest BCUT2D eigenvalue weighted by molar-refractivity contribution is 7.92. The van der Waals surface area contributed by atoms with Crippen LogP contribution in [0.25, 0.3) is 0 Å². The van der Waals surface area contributed by atoms with Crippen molar-refractivity contribution >= 4 is 21.4 Å². The number of oxime groups is 1. The van der Waals surface area contributed by atoms with Crippen LogP contribution in [0.5, 0.6) is 0 Å². The predicted molar refractivity (Wildman–Crippen MR) is 89.7 cm³/mol. The van der Waals surface area contributed by atoms with Crippen molar-refractivity contribution in [2.45, 2.75) is 24.7 Å². The van der Waals surface area contributed by atoms with Gasteiger partial charge in [0.25, 0.3) is 10.0 Å². The molecule has 0 amide bonds. The first-order valence-corrected chi connectivity index (χ1v) is 8.83. The molecule has 0 fully saturated rings. The number of fused-ring (bicyclic) bond motifs is 1. The first-order chi connectivity index (χ1) is 11.0. The molecule has 120 valence electrons. The molecule has 0 radical (unpaired) electrons. The topological polar surface area (TPSA) is 70.0 Å². The lowest BCUT2D eigenvalue weighted by atomic mass is 10.1. The fraction of sp³-hybridized carbons (Fsp3) is 0.235. The summed E-state index contributed by atoms with van der Waals surface area (Å²) in [6, 6.07) is 14.2. The molecule has 6 heteroatoms. The zero-order valence-electron chi connectivity index (χ0n) is 12.8. The van der Waals surface area contributed by atoms with E-state index in [9.17, 15) is 8.42 Å². The van der Waals surface area contributed by atoms with Gasteiger partial charge in [0.2, 0.25) is 0 Å². The smallest absolute Gasteiger partial charge is 0.264 e. The Labute approximate surface area is 135 Å². The van der Waals surface area contributed by atoms with E-state index < -0.39 is 10.0 Å². The number of aryl methyl sites for hydroxylation is 2. The third-order valence-corrected chi connectivity index (χ3v) is 5.79. The van der Waals surface area contributed by atoms with Gasteiger partial charge in [0.15, 0.2) is 0 Å². The Hall–Kier alpha value is -2.34. The summed E-state index contributed by atoms with van der Waals surface area (Å²) in [6.45, 7) is 1.97. The van der Waals surface area contributed by atoms with E-state index in [1.165, 1.54) is 4.31 Å². The maximum absolute atomic E-state index is 13.1. The normalized spacial score (nSPS) is 16.9. The molecule has 1 N–H and O–H groups in total. The molecule has 2 aromatic carbocycles. The highest BCUT2D eigenvalue weighted by Crippen LogP contribution is 2.30. The van der Waals surface area contributed by atoms with Crippen LogP contribution in [0.1, 0.15) is 17.5 Å². The van der Waals surface area contributed by atoms with E-state index in [4.69, 9.17) is 5.21 Å². The molecular formula is C17H18N2O3S. The average Bonchev–Trinajstić information content (AvgIpc) is 2.75. The number of benzene rings is 2. The van der Waals surface area contributed by atoms with Crippen molar-refractivity contribution in [1.29, 1.82) is 0 Å². The number of hydrogen-bond donors (Lipinski definition) is 1. The fourth-order valence-corrected chi connectivity index (χ4v) is 4.20. The standard InChI is InChI=1S/C17H18N2O3S/c1-13-6-10-16(11-7-13)23(21,22)19-12-15(18-20)9-8-14-4-2-3-5-17(14)19/h2-7,10-11,20H,8-9,12H2,1H3/b18-15-. The van der Waals surface area contributed by atoms with Crippen LogP contribution in [0.3, 0.4) is 0 Å².